The Morgan fingerprint density at radius 2 is 1.92 bits per heavy atom. The maximum Gasteiger partial charge on any atom is 0.227 e. The summed E-state index contributed by atoms with van der Waals surface area (Å²) in [5.74, 6) is 0.933. The lowest BCUT2D eigenvalue weighted by Crippen LogP contribution is -2.20. The third-order valence-electron chi connectivity index (χ3n) is 2.48. The van der Waals surface area contributed by atoms with Crippen LogP contribution in [0.1, 0.15) is 27.2 Å². The van der Waals surface area contributed by atoms with Crippen LogP contribution in [0.25, 0.3) is 0 Å². The van der Waals surface area contributed by atoms with Crippen LogP contribution in [0.3, 0.4) is 0 Å². The zero-order valence-electron chi connectivity index (χ0n) is 8.84. The molecule has 0 amide bonds. The third kappa shape index (κ3) is 5.27. The van der Waals surface area contributed by atoms with Crippen molar-refractivity contribution >= 4 is 16.8 Å². The number of rotatable bonds is 6. The largest absolute Gasteiger partial charge is 0.384 e. The second-order valence-corrected chi connectivity index (χ2v) is 4.29. The number of hydrogen-bond acceptors (Lipinski definition) is 2. The molecule has 0 aliphatic rings. The zero-order chi connectivity index (χ0) is 10.4. The van der Waals surface area contributed by atoms with Crippen LogP contribution in [0.4, 0.5) is 0 Å². The van der Waals surface area contributed by atoms with E-state index in [1.54, 1.807) is 7.11 Å². The van der Waals surface area contributed by atoms with Crippen LogP contribution in [0.15, 0.2) is 0 Å². The van der Waals surface area contributed by atoms with E-state index in [1.807, 2.05) is 0 Å². The summed E-state index contributed by atoms with van der Waals surface area (Å²) in [6.45, 7) is 6.85. The molecular formula is C10H19ClO2. The third-order valence-corrected chi connectivity index (χ3v) is 2.79. The van der Waals surface area contributed by atoms with Crippen LogP contribution in [0.5, 0.6) is 0 Å². The Labute approximate surface area is 85.6 Å². The fourth-order valence-electron chi connectivity index (χ4n) is 1.15. The first kappa shape index (κ1) is 12.9. The molecule has 0 radical (unpaired) electrons. The van der Waals surface area contributed by atoms with Gasteiger partial charge in [-0.15, -0.1) is 0 Å². The molecule has 0 rings (SSSR count). The maximum atomic E-state index is 11.0. The van der Waals surface area contributed by atoms with Crippen molar-refractivity contribution in [3.8, 4) is 0 Å². The second-order valence-electron chi connectivity index (χ2n) is 3.91. The van der Waals surface area contributed by atoms with Gasteiger partial charge in [0.05, 0.1) is 12.5 Å². The highest BCUT2D eigenvalue weighted by Gasteiger charge is 2.20. The van der Waals surface area contributed by atoms with E-state index >= 15 is 0 Å². The minimum atomic E-state index is -0.283. The van der Waals surface area contributed by atoms with E-state index in [0.29, 0.717) is 18.4 Å². The normalized spacial score (nSPS) is 15.8. The number of hydrogen-bond donors (Lipinski definition) is 0. The molecule has 3 heteroatoms. The van der Waals surface area contributed by atoms with Gasteiger partial charge in [-0.05, 0) is 29.9 Å². The molecular weight excluding hydrogens is 188 g/mol. The van der Waals surface area contributed by atoms with E-state index in [2.05, 4.69) is 20.8 Å². The van der Waals surface area contributed by atoms with E-state index in [4.69, 9.17) is 16.3 Å². The fraction of sp³-hybridized carbons (Fsp3) is 0.900. The molecule has 0 aliphatic heterocycles. The Kier molecular flexibility index (Phi) is 6.35. The molecule has 0 bridgehead atoms. The predicted molar refractivity (Wildman–Crippen MR) is 54.8 cm³/mol. The van der Waals surface area contributed by atoms with Gasteiger partial charge in [-0.1, -0.05) is 20.8 Å². The highest BCUT2D eigenvalue weighted by atomic mass is 35.5. The monoisotopic (exact) mass is 206 g/mol. The molecule has 0 spiro atoms. The average molecular weight is 207 g/mol. The number of ether oxygens (including phenoxy) is 1. The Morgan fingerprint density at radius 3 is 2.23 bits per heavy atom. The summed E-state index contributed by atoms with van der Waals surface area (Å²) in [5, 5.41) is -0.283. The molecule has 2 unspecified atom stereocenters. The van der Waals surface area contributed by atoms with E-state index in [1.165, 1.54) is 0 Å². The van der Waals surface area contributed by atoms with Crippen molar-refractivity contribution in [3.05, 3.63) is 0 Å². The lowest BCUT2D eigenvalue weighted by molar-refractivity contribution is -0.117. The van der Waals surface area contributed by atoms with Gasteiger partial charge < -0.3 is 4.74 Å². The van der Waals surface area contributed by atoms with Crippen molar-refractivity contribution < 1.29 is 9.53 Å². The molecule has 2 nitrogen and oxygen atoms in total. The molecule has 0 fully saturated rings. The molecule has 0 N–H and O–H groups in total. The highest BCUT2D eigenvalue weighted by molar-refractivity contribution is 6.64. The molecule has 13 heavy (non-hydrogen) atoms. The molecule has 0 saturated carbocycles. The van der Waals surface area contributed by atoms with E-state index in [-0.39, 0.29) is 11.2 Å². The smallest absolute Gasteiger partial charge is 0.227 e. The first-order valence-electron chi connectivity index (χ1n) is 4.67. The number of halogens is 1. The number of carbonyl (C=O) groups is 1. The lowest BCUT2D eigenvalue weighted by atomic mass is 9.89. The van der Waals surface area contributed by atoms with Gasteiger partial charge in [-0.2, -0.15) is 0 Å². The summed E-state index contributed by atoms with van der Waals surface area (Å²) >= 11 is 5.45. The summed E-state index contributed by atoms with van der Waals surface area (Å²) in [6, 6.07) is 0. The average Bonchev–Trinajstić information content (AvgIpc) is 2.03. The van der Waals surface area contributed by atoms with Crippen molar-refractivity contribution in [3.63, 3.8) is 0 Å². The van der Waals surface area contributed by atoms with Gasteiger partial charge in [-0.25, -0.2) is 0 Å². The van der Waals surface area contributed by atoms with Crippen LogP contribution >= 0.6 is 11.6 Å². The van der Waals surface area contributed by atoms with Crippen molar-refractivity contribution in [1.29, 1.82) is 0 Å². The molecule has 2 atom stereocenters. The van der Waals surface area contributed by atoms with Crippen LogP contribution in [-0.2, 0) is 9.53 Å². The zero-order valence-corrected chi connectivity index (χ0v) is 9.60. The maximum absolute atomic E-state index is 11.0. The second kappa shape index (κ2) is 6.39. The van der Waals surface area contributed by atoms with Gasteiger partial charge in [0.1, 0.15) is 0 Å². The van der Waals surface area contributed by atoms with Gasteiger partial charge in [0, 0.05) is 7.11 Å². The van der Waals surface area contributed by atoms with Gasteiger partial charge in [0.2, 0.25) is 5.24 Å². The van der Waals surface area contributed by atoms with Gasteiger partial charge in [-0.3, -0.25) is 4.79 Å². The topological polar surface area (TPSA) is 26.3 Å². The Morgan fingerprint density at radius 1 is 1.38 bits per heavy atom. The molecule has 0 heterocycles. The van der Waals surface area contributed by atoms with Crippen LogP contribution < -0.4 is 0 Å². The first-order chi connectivity index (χ1) is 5.99. The molecule has 0 saturated heterocycles. The summed E-state index contributed by atoms with van der Waals surface area (Å²) < 4.78 is 4.94. The SMILES string of the molecule is COCC(CC(C)C(C)C)C(=O)Cl. The molecule has 0 aromatic carbocycles. The fourth-order valence-corrected chi connectivity index (χ4v) is 1.30. The Balaban J connectivity index is 4.01. The number of methoxy groups -OCH3 is 1. The quantitative estimate of drug-likeness (QED) is 0.625. The van der Waals surface area contributed by atoms with E-state index in [9.17, 15) is 4.79 Å². The number of carbonyl (C=O) groups excluding carboxylic acids is 1. The molecule has 78 valence electrons. The predicted octanol–water partition coefficient (Wildman–Crippen LogP) is 2.70. The molecule has 0 aromatic rings. The van der Waals surface area contributed by atoms with Crippen LogP contribution in [0.2, 0.25) is 0 Å². The minimum Gasteiger partial charge on any atom is -0.384 e. The summed E-state index contributed by atoms with van der Waals surface area (Å²) in [7, 11) is 1.59. The van der Waals surface area contributed by atoms with Crippen molar-refractivity contribution in [2.75, 3.05) is 13.7 Å². The summed E-state index contributed by atoms with van der Waals surface area (Å²) in [6.07, 6.45) is 0.813. The Hall–Kier alpha value is -0.0800. The first-order valence-corrected chi connectivity index (χ1v) is 5.05. The van der Waals surface area contributed by atoms with E-state index < -0.39 is 0 Å². The van der Waals surface area contributed by atoms with Crippen molar-refractivity contribution in [2.45, 2.75) is 27.2 Å². The molecule has 0 aromatic heterocycles. The van der Waals surface area contributed by atoms with Crippen LogP contribution in [0, 0.1) is 17.8 Å². The standard InChI is InChI=1S/C10H19ClO2/c1-7(2)8(3)5-9(6-13-4)10(11)12/h7-9H,5-6H2,1-4H3. The minimum absolute atomic E-state index is 0.149. The Bertz CT molecular complexity index is 157. The van der Waals surface area contributed by atoms with Crippen LogP contribution in [-0.4, -0.2) is 19.0 Å². The van der Waals surface area contributed by atoms with Crippen molar-refractivity contribution in [2.24, 2.45) is 17.8 Å². The summed E-state index contributed by atoms with van der Waals surface area (Å²) in [5.41, 5.74) is 0. The van der Waals surface area contributed by atoms with Gasteiger partial charge >= 0.3 is 0 Å². The lowest BCUT2D eigenvalue weighted by Gasteiger charge is -2.19. The molecule has 0 aliphatic carbocycles. The summed E-state index contributed by atoms with van der Waals surface area (Å²) in [4.78, 5) is 11.0. The van der Waals surface area contributed by atoms with E-state index in [0.717, 1.165) is 6.42 Å². The highest BCUT2D eigenvalue weighted by Crippen LogP contribution is 2.21. The van der Waals surface area contributed by atoms with Gasteiger partial charge in [0.15, 0.2) is 0 Å². The van der Waals surface area contributed by atoms with Crippen molar-refractivity contribution in [1.82, 2.24) is 0 Å². The van der Waals surface area contributed by atoms with Gasteiger partial charge in [0.25, 0.3) is 0 Å².